The maximum absolute atomic E-state index is 4.93. The lowest BCUT2D eigenvalue weighted by Crippen LogP contribution is -2.39. The maximum Gasteiger partial charge on any atom is 0.191 e. The van der Waals surface area contributed by atoms with Crippen LogP contribution in [0.25, 0.3) is 0 Å². The number of rotatable bonds is 7. The fraction of sp³-hybridized carbons (Fsp3) is 0.696. The van der Waals surface area contributed by atoms with Crippen LogP contribution in [0.2, 0.25) is 0 Å². The van der Waals surface area contributed by atoms with E-state index < -0.39 is 0 Å². The first-order chi connectivity index (χ1) is 13.7. The molecule has 0 amide bonds. The summed E-state index contributed by atoms with van der Waals surface area (Å²) in [5, 5.41) is 7.07. The average molecular weight is 511 g/mol. The zero-order valence-corrected chi connectivity index (χ0v) is 20.4. The van der Waals surface area contributed by atoms with Crippen molar-refractivity contribution < 1.29 is 0 Å². The molecule has 2 unspecified atom stereocenters. The molecule has 3 fully saturated rings. The number of guanidine groups is 1. The van der Waals surface area contributed by atoms with E-state index in [1.54, 1.807) is 0 Å². The molecule has 1 aromatic carbocycles. The first kappa shape index (κ1) is 22.7. The normalized spacial score (nSPS) is 23.7. The van der Waals surface area contributed by atoms with Gasteiger partial charge in [0.05, 0.1) is 6.04 Å². The maximum atomic E-state index is 4.93. The zero-order valence-electron chi connectivity index (χ0n) is 18.1. The number of nitrogens with zero attached hydrogens (tertiary/aromatic N) is 3. The Hall–Kier alpha value is -1.02. The van der Waals surface area contributed by atoms with Crippen molar-refractivity contribution in [3.05, 3.63) is 29.8 Å². The summed E-state index contributed by atoms with van der Waals surface area (Å²) < 4.78 is 0. The standard InChI is InChI=1S/C23H37N5.HI/c1-3-24-23(25-16-19-11-14-28(17-19)21-9-10-21)26-18(2)20-7-6-8-22(15-20)27-12-4-5-13-27;/h6-8,15,18-19,21H,3-5,9-14,16-17H2,1-2H3,(H2,24,25,26);1H. The summed E-state index contributed by atoms with van der Waals surface area (Å²) in [5.74, 6) is 1.66. The fourth-order valence-electron chi connectivity index (χ4n) is 4.58. The molecule has 1 aliphatic carbocycles. The molecule has 6 heteroatoms. The first-order valence-electron chi connectivity index (χ1n) is 11.4. The van der Waals surface area contributed by atoms with Gasteiger partial charge < -0.3 is 20.4 Å². The van der Waals surface area contributed by atoms with E-state index in [1.807, 2.05) is 0 Å². The highest BCUT2D eigenvalue weighted by atomic mass is 127. The second-order valence-corrected chi connectivity index (χ2v) is 8.76. The molecule has 29 heavy (non-hydrogen) atoms. The van der Waals surface area contributed by atoms with Gasteiger partial charge in [-0.2, -0.15) is 0 Å². The molecule has 0 aromatic heterocycles. The zero-order chi connectivity index (χ0) is 19.3. The van der Waals surface area contributed by atoms with Crippen molar-refractivity contribution in [2.45, 2.75) is 58.0 Å². The molecule has 0 spiro atoms. The van der Waals surface area contributed by atoms with E-state index in [2.05, 4.69) is 58.5 Å². The minimum Gasteiger partial charge on any atom is -0.372 e. The van der Waals surface area contributed by atoms with E-state index in [0.29, 0.717) is 5.92 Å². The van der Waals surface area contributed by atoms with Crippen LogP contribution in [0.15, 0.2) is 29.3 Å². The lowest BCUT2D eigenvalue weighted by Gasteiger charge is -2.22. The van der Waals surface area contributed by atoms with Crippen LogP contribution in [-0.4, -0.2) is 56.2 Å². The van der Waals surface area contributed by atoms with Crippen molar-refractivity contribution in [3.8, 4) is 0 Å². The van der Waals surface area contributed by atoms with Gasteiger partial charge in [-0.25, -0.2) is 0 Å². The van der Waals surface area contributed by atoms with Crippen LogP contribution in [0.4, 0.5) is 5.69 Å². The lowest BCUT2D eigenvalue weighted by atomic mass is 10.1. The van der Waals surface area contributed by atoms with Gasteiger partial charge >= 0.3 is 0 Å². The van der Waals surface area contributed by atoms with Crippen LogP contribution in [0.3, 0.4) is 0 Å². The highest BCUT2D eigenvalue weighted by Crippen LogP contribution is 2.31. The summed E-state index contributed by atoms with van der Waals surface area (Å²) in [7, 11) is 0. The van der Waals surface area contributed by atoms with Crippen molar-refractivity contribution in [3.63, 3.8) is 0 Å². The van der Waals surface area contributed by atoms with Crippen molar-refractivity contribution in [1.29, 1.82) is 0 Å². The molecule has 2 atom stereocenters. The third-order valence-electron chi connectivity index (χ3n) is 6.43. The molecular weight excluding hydrogens is 473 g/mol. The van der Waals surface area contributed by atoms with Crippen molar-refractivity contribution in [2.24, 2.45) is 10.9 Å². The topological polar surface area (TPSA) is 42.9 Å². The van der Waals surface area contributed by atoms with Gasteiger partial charge in [0.15, 0.2) is 5.96 Å². The smallest absolute Gasteiger partial charge is 0.191 e. The quantitative estimate of drug-likeness (QED) is 0.330. The number of benzene rings is 1. The largest absolute Gasteiger partial charge is 0.372 e. The van der Waals surface area contributed by atoms with Crippen molar-refractivity contribution >= 4 is 35.6 Å². The summed E-state index contributed by atoms with van der Waals surface area (Å²) in [6.07, 6.45) is 6.75. The van der Waals surface area contributed by atoms with Crippen LogP contribution in [0.1, 0.15) is 57.6 Å². The summed E-state index contributed by atoms with van der Waals surface area (Å²) >= 11 is 0. The van der Waals surface area contributed by atoms with Crippen molar-refractivity contribution in [2.75, 3.05) is 44.2 Å². The Morgan fingerprint density at radius 1 is 1.17 bits per heavy atom. The molecule has 162 valence electrons. The number of nitrogens with one attached hydrogen (secondary N) is 2. The van der Waals surface area contributed by atoms with Crippen LogP contribution in [-0.2, 0) is 0 Å². The van der Waals surface area contributed by atoms with Gasteiger partial charge in [0, 0.05) is 44.5 Å². The average Bonchev–Trinajstić information content (AvgIpc) is 3.21. The molecule has 1 saturated carbocycles. The molecule has 4 rings (SSSR count). The molecule has 2 heterocycles. The van der Waals surface area contributed by atoms with Gasteiger partial charge in [-0.15, -0.1) is 24.0 Å². The number of likely N-dealkylation sites (tertiary alicyclic amines) is 1. The van der Waals surface area contributed by atoms with E-state index in [4.69, 9.17) is 4.99 Å². The van der Waals surface area contributed by atoms with Gasteiger partial charge in [0.25, 0.3) is 0 Å². The van der Waals surface area contributed by atoms with Gasteiger partial charge in [-0.3, -0.25) is 4.99 Å². The van der Waals surface area contributed by atoms with E-state index in [-0.39, 0.29) is 30.0 Å². The summed E-state index contributed by atoms with van der Waals surface area (Å²) in [6, 6.07) is 10.1. The summed E-state index contributed by atoms with van der Waals surface area (Å²) in [6.45, 7) is 11.1. The van der Waals surface area contributed by atoms with E-state index in [9.17, 15) is 0 Å². The number of halogens is 1. The molecule has 0 radical (unpaired) electrons. The van der Waals surface area contributed by atoms with E-state index in [1.165, 1.54) is 69.5 Å². The first-order valence-corrected chi connectivity index (χ1v) is 11.4. The van der Waals surface area contributed by atoms with Gasteiger partial charge in [-0.05, 0) is 76.1 Å². The Morgan fingerprint density at radius 2 is 1.97 bits per heavy atom. The Kier molecular flexibility index (Phi) is 8.47. The van der Waals surface area contributed by atoms with Crippen molar-refractivity contribution in [1.82, 2.24) is 15.5 Å². The highest BCUT2D eigenvalue weighted by molar-refractivity contribution is 14.0. The Bertz CT molecular complexity index is 669. The SMILES string of the molecule is CCNC(=NCC1CCN(C2CC2)C1)NC(C)c1cccc(N2CCCC2)c1.I. The Labute approximate surface area is 193 Å². The Morgan fingerprint density at radius 3 is 2.69 bits per heavy atom. The lowest BCUT2D eigenvalue weighted by molar-refractivity contribution is 0.315. The third-order valence-corrected chi connectivity index (χ3v) is 6.43. The Balaban J connectivity index is 0.00000240. The van der Waals surface area contributed by atoms with E-state index in [0.717, 1.165) is 25.1 Å². The second kappa shape index (κ2) is 10.8. The molecule has 2 N–H and O–H groups in total. The van der Waals surface area contributed by atoms with Gasteiger partial charge in [0.1, 0.15) is 0 Å². The summed E-state index contributed by atoms with van der Waals surface area (Å²) in [4.78, 5) is 10.1. The predicted octanol–water partition coefficient (Wildman–Crippen LogP) is 4.01. The molecule has 2 saturated heterocycles. The van der Waals surface area contributed by atoms with Crippen LogP contribution in [0.5, 0.6) is 0 Å². The number of aliphatic imine (C=N–C) groups is 1. The van der Waals surface area contributed by atoms with Crippen LogP contribution >= 0.6 is 24.0 Å². The molecule has 5 nitrogen and oxygen atoms in total. The predicted molar refractivity (Wildman–Crippen MR) is 134 cm³/mol. The second-order valence-electron chi connectivity index (χ2n) is 8.76. The van der Waals surface area contributed by atoms with Crippen LogP contribution < -0.4 is 15.5 Å². The number of hydrogen-bond donors (Lipinski definition) is 2. The molecule has 2 aliphatic heterocycles. The number of hydrogen-bond acceptors (Lipinski definition) is 3. The highest BCUT2D eigenvalue weighted by Gasteiger charge is 2.34. The summed E-state index contributed by atoms with van der Waals surface area (Å²) in [5.41, 5.74) is 2.69. The minimum absolute atomic E-state index is 0. The van der Waals surface area contributed by atoms with Gasteiger partial charge in [0.2, 0.25) is 0 Å². The molecule has 3 aliphatic rings. The van der Waals surface area contributed by atoms with E-state index >= 15 is 0 Å². The fourth-order valence-corrected chi connectivity index (χ4v) is 4.58. The minimum atomic E-state index is 0. The number of anilines is 1. The monoisotopic (exact) mass is 511 g/mol. The van der Waals surface area contributed by atoms with Crippen LogP contribution in [0, 0.1) is 5.92 Å². The third kappa shape index (κ3) is 6.23. The molecular formula is C23H38IN5. The molecule has 1 aromatic rings. The molecule has 0 bridgehead atoms. The van der Waals surface area contributed by atoms with Gasteiger partial charge in [-0.1, -0.05) is 12.1 Å².